The third-order valence-corrected chi connectivity index (χ3v) is 3.72. The van der Waals surface area contributed by atoms with E-state index in [1.54, 1.807) is 0 Å². The molecule has 1 heterocycles. The number of benzene rings is 2. The number of pyridine rings is 1. The Morgan fingerprint density at radius 3 is 2.55 bits per heavy atom. The average Bonchev–Trinajstić information content (AvgIpc) is 2.48. The lowest BCUT2D eigenvalue weighted by atomic mass is 10.0. The number of aromatic nitrogens is 1. The number of nitrogen functional groups attached to an aromatic ring is 1. The van der Waals surface area contributed by atoms with Gasteiger partial charge in [0.05, 0.1) is 5.52 Å². The minimum Gasteiger partial charge on any atom is -0.308 e. The number of hydrazine groups is 1. The summed E-state index contributed by atoms with van der Waals surface area (Å²) < 4.78 is 0. The Labute approximate surface area is 122 Å². The van der Waals surface area contributed by atoms with E-state index in [1.165, 1.54) is 0 Å². The van der Waals surface area contributed by atoms with E-state index in [9.17, 15) is 0 Å². The van der Waals surface area contributed by atoms with Gasteiger partial charge in [-0.3, -0.25) is 0 Å². The molecule has 4 heteroatoms. The molecule has 0 aliphatic rings. The van der Waals surface area contributed by atoms with Crippen molar-refractivity contribution in [2.45, 2.75) is 6.92 Å². The molecule has 0 atom stereocenters. The van der Waals surface area contributed by atoms with Gasteiger partial charge >= 0.3 is 0 Å². The van der Waals surface area contributed by atoms with E-state index < -0.39 is 0 Å². The van der Waals surface area contributed by atoms with Crippen LogP contribution in [0.2, 0.25) is 5.02 Å². The maximum Gasteiger partial charge on any atom is 0.148 e. The van der Waals surface area contributed by atoms with Gasteiger partial charge in [0, 0.05) is 16.0 Å². The summed E-state index contributed by atoms with van der Waals surface area (Å²) >= 11 is 6.15. The van der Waals surface area contributed by atoms with Crippen LogP contribution in [0.5, 0.6) is 0 Å². The minimum atomic E-state index is 0.642. The lowest BCUT2D eigenvalue weighted by Crippen LogP contribution is -2.10. The van der Waals surface area contributed by atoms with E-state index >= 15 is 0 Å². The number of hydrogen-bond acceptors (Lipinski definition) is 3. The maximum absolute atomic E-state index is 6.15. The third-order valence-electron chi connectivity index (χ3n) is 3.32. The molecule has 0 unspecified atom stereocenters. The molecule has 0 amide bonds. The summed E-state index contributed by atoms with van der Waals surface area (Å²) in [7, 11) is 0. The van der Waals surface area contributed by atoms with E-state index in [0.717, 1.165) is 27.6 Å². The smallest absolute Gasteiger partial charge is 0.148 e. The Hall–Kier alpha value is -2.10. The first-order chi connectivity index (χ1) is 9.69. The zero-order valence-corrected chi connectivity index (χ0v) is 11.8. The highest BCUT2D eigenvalue weighted by Crippen LogP contribution is 2.31. The van der Waals surface area contributed by atoms with Crippen LogP contribution in [0.1, 0.15) is 5.56 Å². The van der Waals surface area contributed by atoms with Gasteiger partial charge in [0.2, 0.25) is 0 Å². The molecule has 3 N–H and O–H groups in total. The van der Waals surface area contributed by atoms with E-state index in [1.807, 2.05) is 49.4 Å². The Balaban J connectivity index is 2.29. The minimum absolute atomic E-state index is 0.642. The van der Waals surface area contributed by atoms with Crippen molar-refractivity contribution >= 4 is 28.3 Å². The zero-order chi connectivity index (χ0) is 14.1. The summed E-state index contributed by atoms with van der Waals surface area (Å²) in [6.45, 7) is 1.99. The first kappa shape index (κ1) is 12.9. The van der Waals surface area contributed by atoms with Crippen LogP contribution in [-0.4, -0.2) is 4.98 Å². The molecule has 3 aromatic rings. The largest absolute Gasteiger partial charge is 0.308 e. The molecule has 0 aliphatic heterocycles. The number of hydrogen-bond donors (Lipinski definition) is 2. The van der Waals surface area contributed by atoms with Gasteiger partial charge in [0.15, 0.2) is 0 Å². The van der Waals surface area contributed by atoms with Crippen LogP contribution in [0.3, 0.4) is 0 Å². The monoisotopic (exact) mass is 283 g/mol. The number of halogens is 1. The Morgan fingerprint density at radius 1 is 1.10 bits per heavy atom. The highest BCUT2D eigenvalue weighted by molar-refractivity contribution is 6.32. The Morgan fingerprint density at radius 2 is 1.85 bits per heavy atom. The number of nitrogens with zero attached hydrogens (tertiary/aromatic N) is 1. The molecule has 0 saturated heterocycles. The molecular weight excluding hydrogens is 270 g/mol. The number of rotatable bonds is 2. The van der Waals surface area contributed by atoms with E-state index in [-0.39, 0.29) is 0 Å². The molecule has 0 aliphatic carbocycles. The van der Waals surface area contributed by atoms with Crippen LogP contribution < -0.4 is 11.3 Å². The summed E-state index contributed by atoms with van der Waals surface area (Å²) in [5.74, 6) is 6.24. The Kier molecular flexibility index (Phi) is 3.30. The van der Waals surface area contributed by atoms with Crippen molar-refractivity contribution in [1.82, 2.24) is 4.98 Å². The highest BCUT2D eigenvalue weighted by atomic mass is 35.5. The second kappa shape index (κ2) is 5.12. The van der Waals surface area contributed by atoms with E-state index in [4.69, 9.17) is 17.4 Å². The van der Waals surface area contributed by atoms with Crippen LogP contribution in [0, 0.1) is 6.92 Å². The third kappa shape index (κ3) is 2.22. The van der Waals surface area contributed by atoms with Gasteiger partial charge < -0.3 is 5.43 Å². The standard InChI is InChI=1S/C16H14ClN3/c1-10-7-12-8-13(11-5-3-2-4-6-11)16(20-18)19-15(12)9-14(10)17/h2-9H,18H2,1H3,(H,19,20). The average molecular weight is 284 g/mol. The normalized spacial score (nSPS) is 10.8. The number of anilines is 1. The molecule has 0 saturated carbocycles. The molecular formula is C16H14ClN3. The van der Waals surface area contributed by atoms with Gasteiger partial charge in [-0.25, -0.2) is 10.8 Å². The Bertz CT molecular complexity index is 770. The fraction of sp³-hybridized carbons (Fsp3) is 0.0625. The van der Waals surface area contributed by atoms with E-state index in [0.29, 0.717) is 10.8 Å². The molecule has 20 heavy (non-hydrogen) atoms. The quantitative estimate of drug-likeness (QED) is 0.549. The lowest BCUT2D eigenvalue weighted by Gasteiger charge is -2.11. The first-order valence-electron chi connectivity index (χ1n) is 6.32. The zero-order valence-electron chi connectivity index (χ0n) is 11.0. The summed E-state index contributed by atoms with van der Waals surface area (Å²) in [6, 6.07) is 16.0. The van der Waals surface area contributed by atoms with Crippen LogP contribution in [0.15, 0.2) is 48.5 Å². The van der Waals surface area contributed by atoms with E-state index in [2.05, 4.69) is 16.5 Å². The fourth-order valence-electron chi connectivity index (χ4n) is 2.26. The summed E-state index contributed by atoms with van der Waals surface area (Å²) in [5, 5.41) is 1.75. The van der Waals surface area contributed by atoms with Crippen LogP contribution in [-0.2, 0) is 0 Å². The van der Waals surface area contributed by atoms with Gasteiger partial charge in [-0.2, -0.15) is 0 Å². The predicted octanol–water partition coefficient (Wildman–Crippen LogP) is 4.15. The number of fused-ring (bicyclic) bond motifs is 1. The van der Waals surface area contributed by atoms with Gasteiger partial charge in [-0.05, 0) is 36.2 Å². The van der Waals surface area contributed by atoms with Gasteiger partial charge in [0.1, 0.15) is 5.82 Å². The predicted molar refractivity (Wildman–Crippen MR) is 84.7 cm³/mol. The molecule has 100 valence electrons. The molecule has 0 radical (unpaired) electrons. The molecule has 3 rings (SSSR count). The number of nitrogens with two attached hydrogens (primary N) is 1. The molecule has 0 bridgehead atoms. The van der Waals surface area contributed by atoms with Crippen LogP contribution >= 0.6 is 11.6 Å². The van der Waals surface area contributed by atoms with Crippen LogP contribution in [0.4, 0.5) is 5.82 Å². The highest BCUT2D eigenvalue weighted by Gasteiger charge is 2.09. The SMILES string of the molecule is Cc1cc2cc(-c3ccccc3)c(NN)nc2cc1Cl. The molecule has 3 nitrogen and oxygen atoms in total. The van der Waals surface area contributed by atoms with Crippen molar-refractivity contribution in [3.8, 4) is 11.1 Å². The van der Waals surface area contributed by atoms with Crippen molar-refractivity contribution in [2.24, 2.45) is 5.84 Å². The van der Waals surface area contributed by atoms with Crippen molar-refractivity contribution in [3.63, 3.8) is 0 Å². The maximum atomic E-state index is 6.15. The van der Waals surface area contributed by atoms with Crippen molar-refractivity contribution in [3.05, 3.63) is 59.1 Å². The molecule has 1 aromatic heterocycles. The van der Waals surface area contributed by atoms with Crippen LogP contribution in [0.25, 0.3) is 22.0 Å². The van der Waals surface area contributed by atoms with Gasteiger partial charge in [0.25, 0.3) is 0 Å². The molecule has 0 spiro atoms. The molecule has 0 fully saturated rings. The summed E-state index contributed by atoms with van der Waals surface area (Å²) in [6.07, 6.45) is 0. The van der Waals surface area contributed by atoms with Gasteiger partial charge in [-0.15, -0.1) is 0 Å². The van der Waals surface area contributed by atoms with Crippen molar-refractivity contribution < 1.29 is 0 Å². The second-order valence-corrected chi connectivity index (χ2v) is 5.10. The van der Waals surface area contributed by atoms with Gasteiger partial charge in [-0.1, -0.05) is 41.9 Å². The molecule has 2 aromatic carbocycles. The first-order valence-corrected chi connectivity index (χ1v) is 6.70. The fourth-order valence-corrected chi connectivity index (χ4v) is 2.42. The summed E-state index contributed by atoms with van der Waals surface area (Å²) in [5.41, 5.74) is 6.57. The number of nitrogens with one attached hydrogen (secondary N) is 1. The lowest BCUT2D eigenvalue weighted by molar-refractivity contribution is 1.26. The topological polar surface area (TPSA) is 50.9 Å². The van der Waals surface area contributed by atoms with Crippen molar-refractivity contribution in [2.75, 3.05) is 5.43 Å². The number of aryl methyl sites for hydroxylation is 1. The summed E-state index contributed by atoms with van der Waals surface area (Å²) in [4.78, 5) is 4.55. The van der Waals surface area contributed by atoms with Crippen molar-refractivity contribution in [1.29, 1.82) is 0 Å². The second-order valence-electron chi connectivity index (χ2n) is 4.69.